The van der Waals surface area contributed by atoms with Crippen molar-refractivity contribution in [1.29, 1.82) is 0 Å². The van der Waals surface area contributed by atoms with Crippen LogP contribution >= 0.6 is 0 Å². The molecule has 29 heavy (non-hydrogen) atoms. The predicted octanol–water partition coefficient (Wildman–Crippen LogP) is 4.42. The lowest BCUT2D eigenvalue weighted by Crippen LogP contribution is -2.27. The molecule has 0 unspecified atom stereocenters. The molecule has 1 aromatic heterocycles. The Balaban J connectivity index is 1.55. The van der Waals surface area contributed by atoms with Gasteiger partial charge in [0.1, 0.15) is 18.6 Å². The molecule has 0 fully saturated rings. The summed E-state index contributed by atoms with van der Waals surface area (Å²) < 4.78 is 5.80. The molecule has 2 aromatic carbocycles. The number of nitrogens with zero attached hydrogens (tertiary/aromatic N) is 3. The molecule has 0 saturated heterocycles. The Hall–Kier alpha value is -3.25. The van der Waals surface area contributed by atoms with Gasteiger partial charge in [0.25, 0.3) is 0 Å². The van der Waals surface area contributed by atoms with E-state index in [0.29, 0.717) is 18.1 Å². The first kappa shape index (κ1) is 20.5. The molecule has 150 valence electrons. The zero-order valence-corrected chi connectivity index (χ0v) is 16.8. The highest BCUT2D eigenvalue weighted by Crippen LogP contribution is 2.21. The molecule has 0 atom stereocenters. The molecule has 3 rings (SSSR count). The largest absolute Gasteiger partial charge is 0.492 e. The summed E-state index contributed by atoms with van der Waals surface area (Å²) in [7, 11) is 0. The van der Waals surface area contributed by atoms with Crippen LogP contribution in [0.25, 0.3) is 11.1 Å². The molecule has 0 aliphatic carbocycles. The molecule has 3 aromatic rings. The lowest BCUT2D eigenvalue weighted by Gasteiger charge is -2.18. The quantitative estimate of drug-likeness (QED) is 0.517. The summed E-state index contributed by atoms with van der Waals surface area (Å²) in [5, 5.41) is 3.19. The lowest BCUT2D eigenvalue weighted by molar-refractivity contribution is 0.112. The fraction of sp³-hybridized carbons (Fsp3) is 0.261. The van der Waals surface area contributed by atoms with Crippen LogP contribution in [0.4, 0.5) is 11.6 Å². The monoisotopic (exact) mass is 390 g/mol. The molecule has 0 radical (unpaired) electrons. The number of hydrogen-bond donors (Lipinski definition) is 1. The summed E-state index contributed by atoms with van der Waals surface area (Å²) in [6, 6.07) is 15.1. The summed E-state index contributed by atoms with van der Waals surface area (Å²) in [4.78, 5) is 21.8. The van der Waals surface area contributed by atoms with Crippen LogP contribution in [-0.4, -0.2) is 47.4 Å². The van der Waals surface area contributed by atoms with E-state index in [1.165, 1.54) is 0 Å². The number of carbonyl (C=O) groups is 1. The average Bonchev–Trinajstić information content (AvgIpc) is 2.78. The van der Waals surface area contributed by atoms with E-state index >= 15 is 0 Å². The van der Waals surface area contributed by atoms with Crippen molar-refractivity contribution < 1.29 is 9.53 Å². The molecule has 1 heterocycles. The van der Waals surface area contributed by atoms with Crippen LogP contribution in [0.2, 0.25) is 0 Å². The van der Waals surface area contributed by atoms with E-state index in [0.717, 1.165) is 48.5 Å². The normalized spacial score (nSPS) is 10.7. The van der Waals surface area contributed by atoms with Gasteiger partial charge in [0.2, 0.25) is 5.95 Å². The van der Waals surface area contributed by atoms with Crippen LogP contribution in [-0.2, 0) is 0 Å². The molecule has 6 nitrogen and oxygen atoms in total. The summed E-state index contributed by atoms with van der Waals surface area (Å²) >= 11 is 0. The van der Waals surface area contributed by atoms with E-state index in [-0.39, 0.29) is 0 Å². The highest BCUT2D eigenvalue weighted by Gasteiger charge is 2.03. The van der Waals surface area contributed by atoms with Gasteiger partial charge in [0, 0.05) is 35.8 Å². The van der Waals surface area contributed by atoms with E-state index in [1.54, 1.807) is 24.5 Å². The number of aromatic nitrogens is 2. The second-order valence-electron chi connectivity index (χ2n) is 6.56. The topological polar surface area (TPSA) is 67.3 Å². The highest BCUT2D eigenvalue weighted by molar-refractivity contribution is 5.76. The fourth-order valence-corrected chi connectivity index (χ4v) is 2.89. The summed E-state index contributed by atoms with van der Waals surface area (Å²) in [5.41, 5.74) is 3.40. The zero-order chi connectivity index (χ0) is 20.5. The third-order valence-electron chi connectivity index (χ3n) is 4.71. The predicted molar refractivity (Wildman–Crippen MR) is 116 cm³/mol. The summed E-state index contributed by atoms with van der Waals surface area (Å²) in [6.45, 7) is 7.97. The molecular formula is C23H26N4O2. The lowest BCUT2D eigenvalue weighted by atomic mass is 10.1. The molecule has 1 N–H and O–H groups in total. The minimum absolute atomic E-state index is 0.522. The van der Waals surface area contributed by atoms with Crippen molar-refractivity contribution >= 4 is 17.9 Å². The molecule has 0 bridgehead atoms. The maximum atomic E-state index is 10.8. The summed E-state index contributed by atoms with van der Waals surface area (Å²) in [5.74, 6) is 1.37. The van der Waals surface area contributed by atoms with Gasteiger partial charge in [-0.2, -0.15) is 0 Å². The second kappa shape index (κ2) is 10.3. The van der Waals surface area contributed by atoms with Crippen LogP contribution in [0.5, 0.6) is 5.75 Å². The molecule has 0 aliphatic heterocycles. The second-order valence-corrected chi connectivity index (χ2v) is 6.56. The molecule has 6 heteroatoms. The first-order valence-electron chi connectivity index (χ1n) is 9.81. The van der Waals surface area contributed by atoms with Crippen LogP contribution in [0.15, 0.2) is 60.9 Å². The van der Waals surface area contributed by atoms with Crippen molar-refractivity contribution in [1.82, 2.24) is 14.9 Å². The van der Waals surface area contributed by atoms with Gasteiger partial charge in [-0.25, -0.2) is 9.97 Å². The number of aldehydes is 1. The maximum absolute atomic E-state index is 10.8. The molecule has 0 amide bonds. The van der Waals surface area contributed by atoms with Gasteiger partial charge in [-0.15, -0.1) is 0 Å². The van der Waals surface area contributed by atoms with E-state index in [1.807, 2.05) is 36.4 Å². The van der Waals surface area contributed by atoms with Crippen LogP contribution in [0.1, 0.15) is 24.2 Å². The Bertz CT molecular complexity index is 890. The Kier molecular flexibility index (Phi) is 7.30. The van der Waals surface area contributed by atoms with Gasteiger partial charge < -0.3 is 15.0 Å². The van der Waals surface area contributed by atoms with Gasteiger partial charge in [-0.05, 0) is 42.9 Å². The van der Waals surface area contributed by atoms with Crippen molar-refractivity contribution in [3.63, 3.8) is 0 Å². The van der Waals surface area contributed by atoms with Crippen molar-refractivity contribution in [2.24, 2.45) is 0 Å². The zero-order valence-electron chi connectivity index (χ0n) is 16.8. The number of rotatable bonds is 10. The van der Waals surface area contributed by atoms with Gasteiger partial charge in [-0.1, -0.05) is 38.1 Å². The minimum Gasteiger partial charge on any atom is -0.492 e. The minimum atomic E-state index is 0.522. The number of anilines is 2. The third kappa shape index (κ3) is 5.86. The van der Waals surface area contributed by atoms with Gasteiger partial charge in [0.15, 0.2) is 0 Å². The number of likely N-dealkylation sites (N-methyl/N-ethyl adjacent to an activating group) is 1. The standard InChI is InChI=1S/C23H26N4O2/c1-3-27(4-2)13-14-29-22-11-9-21(10-12-22)26-23-24-15-20(16-25-23)19-7-5-18(17-28)6-8-19/h5-12,15-17H,3-4,13-14H2,1-2H3,(H,24,25,26). The van der Waals surface area contributed by atoms with Crippen LogP contribution in [0.3, 0.4) is 0 Å². The Morgan fingerprint density at radius 2 is 1.59 bits per heavy atom. The van der Waals surface area contributed by atoms with E-state index in [4.69, 9.17) is 4.74 Å². The van der Waals surface area contributed by atoms with E-state index in [9.17, 15) is 4.79 Å². The number of benzene rings is 2. The van der Waals surface area contributed by atoms with Crippen molar-refractivity contribution in [3.05, 3.63) is 66.5 Å². The molecule has 0 saturated carbocycles. The van der Waals surface area contributed by atoms with E-state index < -0.39 is 0 Å². The number of hydrogen-bond acceptors (Lipinski definition) is 6. The van der Waals surface area contributed by atoms with Gasteiger partial charge in [-0.3, -0.25) is 4.79 Å². The number of carbonyl (C=O) groups excluding carboxylic acids is 1. The SMILES string of the molecule is CCN(CC)CCOc1ccc(Nc2ncc(-c3ccc(C=O)cc3)cn2)cc1. The van der Waals surface area contributed by atoms with Gasteiger partial charge >= 0.3 is 0 Å². The van der Waals surface area contributed by atoms with Crippen molar-refractivity contribution in [2.75, 3.05) is 31.6 Å². The first-order chi connectivity index (χ1) is 14.2. The maximum Gasteiger partial charge on any atom is 0.227 e. The van der Waals surface area contributed by atoms with E-state index in [2.05, 4.69) is 34.0 Å². The smallest absolute Gasteiger partial charge is 0.227 e. The number of ether oxygens (including phenoxy) is 1. The Morgan fingerprint density at radius 1 is 0.931 bits per heavy atom. The Labute approximate surface area is 171 Å². The third-order valence-corrected chi connectivity index (χ3v) is 4.71. The first-order valence-corrected chi connectivity index (χ1v) is 9.81. The van der Waals surface area contributed by atoms with Gasteiger partial charge in [0.05, 0.1) is 0 Å². The highest BCUT2D eigenvalue weighted by atomic mass is 16.5. The average molecular weight is 390 g/mol. The molecular weight excluding hydrogens is 364 g/mol. The Morgan fingerprint density at radius 3 is 2.17 bits per heavy atom. The molecule has 0 aliphatic rings. The summed E-state index contributed by atoms with van der Waals surface area (Å²) in [6.07, 6.45) is 4.35. The fourth-order valence-electron chi connectivity index (χ4n) is 2.89. The number of nitrogens with one attached hydrogen (secondary N) is 1. The van der Waals surface area contributed by atoms with Crippen LogP contribution in [0, 0.1) is 0 Å². The molecule has 0 spiro atoms. The van der Waals surface area contributed by atoms with Crippen molar-refractivity contribution in [3.8, 4) is 16.9 Å². The van der Waals surface area contributed by atoms with Crippen molar-refractivity contribution in [2.45, 2.75) is 13.8 Å². The van der Waals surface area contributed by atoms with Crippen LogP contribution < -0.4 is 10.1 Å².